The molecule has 0 saturated carbocycles. The standard InChI is InChI=1S/C14H15FN2/c1-10(16)11-4-6-12(7-5-11)14(15)13-3-2-8-17-9-13/h2-10,14H,16H2,1H3. The molecule has 0 aliphatic heterocycles. The van der Waals surface area contributed by atoms with Crippen molar-refractivity contribution in [1.82, 2.24) is 4.98 Å². The van der Waals surface area contributed by atoms with E-state index in [2.05, 4.69) is 4.98 Å². The van der Waals surface area contributed by atoms with E-state index in [0.29, 0.717) is 11.1 Å². The fourth-order valence-corrected chi connectivity index (χ4v) is 1.69. The first-order valence-electron chi connectivity index (χ1n) is 5.58. The molecule has 0 amide bonds. The zero-order chi connectivity index (χ0) is 12.3. The topological polar surface area (TPSA) is 38.9 Å². The van der Waals surface area contributed by atoms with E-state index in [9.17, 15) is 4.39 Å². The fourth-order valence-electron chi connectivity index (χ4n) is 1.69. The summed E-state index contributed by atoms with van der Waals surface area (Å²) < 4.78 is 14.1. The predicted octanol–water partition coefficient (Wildman–Crippen LogP) is 3.16. The summed E-state index contributed by atoms with van der Waals surface area (Å²) in [5.74, 6) is 0. The summed E-state index contributed by atoms with van der Waals surface area (Å²) in [7, 11) is 0. The van der Waals surface area contributed by atoms with Crippen molar-refractivity contribution in [3.63, 3.8) is 0 Å². The van der Waals surface area contributed by atoms with Crippen molar-refractivity contribution < 1.29 is 4.39 Å². The first kappa shape index (κ1) is 11.7. The Kier molecular flexibility index (Phi) is 3.49. The van der Waals surface area contributed by atoms with Crippen LogP contribution in [0.15, 0.2) is 48.8 Å². The van der Waals surface area contributed by atoms with Gasteiger partial charge in [0.15, 0.2) is 6.17 Å². The van der Waals surface area contributed by atoms with Crippen LogP contribution in [0.25, 0.3) is 0 Å². The maximum atomic E-state index is 14.1. The third-order valence-corrected chi connectivity index (χ3v) is 2.73. The highest BCUT2D eigenvalue weighted by Gasteiger charge is 2.12. The number of aromatic nitrogens is 1. The van der Waals surface area contributed by atoms with Gasteiger partial charge in [-0.2, -0.15) is 0 Å². The molecule has 0 aliphatic carbocycles. The van der Waals surface area contributed by atoms with Gasteiger partial charge in [0, 0.05) is 24.0 Å². The largest absolute Gasteiger partial charge is 0.324 e. The summed E-state index contributed by atoms with van der Waals surface area (Å²) in [6.07, 6.45) is 2.05. The predicted molar refractivity (Wildman–Crippen MR) is 66.2 cm³/mol. The molecular formula is C14H15FN2. The van der Waals surface area contributed by atoms with E-state index in [4.69, 9.17) is 5.73 Å². The van der Waals surface area contributed by atoms with Crippen LogP contribution in [0.4, 0.5) is 4.39 Å². The monoisotopic (exact) mass is 230 g/mol. The molecule has 0 bridgehead atoms. The van der Waals surface area contributed by atoms with Crippen LogP contribution in [-0.4, -0.2) is 4.98 Å². The van der Waals surface area contributed by atoms with E-state index >= 15 is 0 Å². The summed E-state index contributed by atoms with van der Waals surface area (Å²) in [4.78, 5) is 3.92. The van der Waals surface area contributed by atoms with Gasteiger partial charge >= 0.3 is 0 Å². The molecule has 2 aromatic rings. The number of nitrogens with zero attached hydrogens (tertiary/aromatic N) is 1. The second-order valence-electron chi connectivity index (χ2n) is 4.10. The van der Waals surface area contributed by atoms with E-state index in [1.807, 2.05) is 19.1 Å². The van der Waals surface area contributed by atoms with Crippen molar-refractivity contribution in [3.05, 3.63) is 65.5 Å². The lowest BCUT2D eigenvalue weighted by Gasteiger charge is -2.10. The Morgan fingerprint density at radius 3 is 2.24 bits per heavy atom. The van der Waals surface area contributed by atoms with Gasteiger partial charge in [-0.15, -0.1) is 0 Å². The Labute approximate surface area is 100 Å². The van der Waals surface area contributed by atoms with Crippen molar-refractivity contribution in [2.45, 2.75) is 19.1 Å². The van der Waals surface area contributed by atoms with Gasteiger partial charge in [0.25, 0.3) is 0 Å². The van der Waals surface area contributed by atoms with Crippen LogP contribution in [0.5, 0.6) is 0 Å². The highest BCUT2D eigenvalue weighted by Crippen LogP contribution is 2.26. The quantitative estimate of drug-likeness (QED) is 0.879. The molecule has 0 radical (unpaired) electrons. The number of benzene rings is 1. The smallest absolute Gasteiger partial charge is 0.152 e. The van der Waals surface area contributed by atoms with Gasteiger partial charge in [0.05, 0.1) is 0 Å². The summed E-state index contributed by atoms with van der Waals surface area (Å²) >= 11 is 0. The van der Waals surface area contributed by atoms with Crippen LogP contribution in [0.2, 0.25) is 0 Å². The minimum atomic E-state index is -1.13. The first-order valence-corrected chi connectivity index (χ1v) is 5.58. The van der Waals surface area contributed by atoms with E-state index < -0.39 is 6.17 Å². The summed E-state index contributed by atoms with van der Waals surface area (Å²) in [6.45, 7) is 1.91. The molecule has 0 saturated heterocycles. The Morgan fingerprint density at radius 1 is 1.06 bits per heavy atom. The van der Waals surface area contributed by atoms with Crippen molar-refractivity contribution in [1.29, 1.82) is 0 Å². The molecule has 0 spiro atoms. The zero-order valence-corrected chi connectivity index (χ0v) is 9.68. The molecule has 2 N–H and O–H groups in total. The lowest BCUT2D eigenvalue weighted by atomic mass is 10.0. The second kappa shape index (κ2) is 5.06. The molecule has 2 nitrogen and oxygen atoms in total. The lowest BCUT2D eigenvalue weighted by Crippen LogP contribution is -2.05. The van der Waals surface area contributed by atoms with Crippen molar-refractivity contribution in [2.75, 3.05) is 0 Å². The molecule has 1 aromatic carbocycles. The summed E-state index contributed by atoms with van der Waals surface area (Å²) in [6, 6.07) is 10.7. The second-order valence-corrected chi connectivity index (χ2v) is 4.10. The molecule has 0 aliphatic rings. The van der Waals surface area contributed by atoms with E-state index in [1.54, 1.807) is 36.7 Å². The third kappa shape index (κ3) is 2.68. The van der Waals surface area contributed by atoms with Gasteiger partial charge in [-0.05, 0) is 24.1 Å². The van der Waals surface area contributed by atoms with Gasteiger partial charge in [0.1, 0.15) is 0 Å². The number of nitrogens with two attached hydrogens (primary N) is 1. The number of pyridine rings is 1. The van der Waals surface area contributed by atoms with Crippen LogP contribution < -0.4 is 5.73 Å². The highest BCUT2D eigenvalue weighted by molar-refractivity contribution is 5.31. The molecule has 2 unspecified atom stereocenters. The van der Waals surface area contributed by atoms with Gasteiger partial charge < -0.3 is 5.73 Å². The van der Waals surface area contributed by atoms with Gasteiger partial charge in [0.2, 0.25) is 0 Å². The SMILES string of the molecule is CC(N)c1ccc(C(F)c2cccnc2)cc1. The normalized spacial score (nSPS) is 14.3. The van der Waals surface area contributed by atoms with E-state index in [-0.39, 0.29) is 6.04 Å². The Balaban J connectivity index is 2.23. The Morgan fingerprint density at radius 2 is 1.71 bits per heavy atom. The molecule has 2 rings (SSSR count). The highest BCUT2D eigenvalue weighted by atomic mass is 19.1. The lowest BCUT2D eigenvalue weighted by molar-refractivity contribution is 0.401. The van der Waals surface area contributed by atoms with Crippen LogP contribution in [0, 0.1) is 0 Å². The number of rotatable bonds is 3. The van der Waals surface area contributed by atoms with Gasteiger partial charge in [-0.25, -0.2) is 4.39 Å². The van der Waals surface area contributed by atoms with Gasteiger partial charge in [-0.3, -0.25) is 4.98 Å². The van der Waals surface area contributed by atoms with E-state index in [1.165, 1.54) is 0 Å². The molecule has 2 atom stereocenters. The average Bonchev–Trinajstić information content (AvgIpc) is 2.39. The third-order valence-electron chi connectivity index (χ3n) is 2.73. The number of hydrogen-bond acceptors (Lipinski definition) is 2. The molecule has 1 heterocycles. The average molecular weight is 230 g/mol. The number of alkyl halides is 1. The number of halogens is 1. The van der Waals surface area contributed by atoms with Crippen LogP contribution in [-0.2, 0) is 0 Å². The first-order chi connectivity index (χ1) is 8.18. The van der Waals surface area contributed by atoms with Crippen LogP contribution >= 0.6 is 0 Å². The van der Waals surface area contributed by atoms with Crippen LogP contribution in [0.3, 0.4) is 0 Å². The Bertz CT molecular complexity index is 465. The summed E-state index contributed by atoms with van der Waals surface area (Å²) in [5.41, 5.74) is 7.95. The molecular weight excluding hydrogens is 215 g/mol. The maximum absolute atomic E-state index is 14.1. The molecule has 1 aromatic heterocycles. The van der Waals surface area contributed by atoms with Crippen molar-refractivity contribution >= 4 is 0 Å². The molecule has 3 heteroatoms. The fraction of sp³-hybridized carbons (Fsp3) is 0.214. The molecule has 88 valence electrons. The molecule has 17 heavy (non-hydrogen) atoms. The van der Waals surface area contributed by atoms with Crippen molar-refractivity contribution in [3.8, 4) is 0 Å². The minimum Gasteiger partial charge on any atom is -0.324 e. The van der Waals surface area contributed by atoms with Crippen LogP contribution in [0.1, 0.15) is 35.8 Å². The Hall–Kier alpha value is -1.74. The summed E-state index contributed by atoms with van der Waals surface area (Å²) in [5, 5.41) is 0. The minimum absolute atomic E-state index is 0.0273. The maximum Gasteiger partial charge on any atom is 0.152 e. The van der Waals surface area contributed by atoms with Crippen molar-refractivity contribution in [2.24, 2.45) is 5.73 Å². The van der Waals surface area contributed by atoms with E-state index in [0.717, 1.165) is 5.56 Å². The van der Waals surface area contributed by atoms with Gasteiger partial charge in [-0.1, -0.05) is 30.3 Å². The molecule has 0 fully saturated rings. The zero-order valence-electron chi connectivity index (χ0n) is 9.68. The number of hydrogen-bond donors (Lipinski definition) is 1.